The average molecular weight is 261 g/mol. The van der Waals surface area contributed by atoms with Crippen molar-refractivity contribution < 1.29 is 5.11 Å². The lowest BCUT2D eigenvalue weighted by atomic mass is 10.0. The van der Waals surface area contributed by atoms with Crippen LogP contribution in [0.25, 0.3) is 11.0 Å². The number of fused-ring (bicyclic) bond motifs is 1. The first-order valence-electron chi connectivity index (χ1n) is 6.74. The quantitative estimate of drug-likeness (QED) is 0.886. The van der Waals surface area contributed by atoms with E-state index in [1.807, 2.05) is 0 Å². The van der Waals surface area contributed by atoms with E-state index in [1.165, 1.54) is 5.56 Å². The summed E-state index contributed by atoms with van der Waals surface area (Å²) in [5.74, 6) is 0.894. The van der Waals surface area contributed by atoms with Gasteiger partial charge in [0.25, 0.3) is 0 Å². The van der Waals surface area contributed by atoms with Crippen LogP contribution in [0.3, 0.4) is 0 Å². The minimum atomic E-state index is -0.914. The Hall–Kier alpha value is -1.39. The summed E-state index contributed by atoms with van der Waals surface area (Å²) in [4.78, 5) is 4.68. The van der Waals surface area contributed by atoms with Crippen molar-refractivity contribution in [2.24, 2.45) is 5.73 Å². The highest BCUT2D eigenvalue weighted by molar-refractivity contribution is 5.77. The number of aromatic nitrogens is 2. The van der Waals surface area contributed by atoms with Gasteiger partial charge in [-0.3, -0.25) is 0 Å². The lowest BCUT2D eigenvalue weighted by Crippen LogP contribution is -2.37. The van der Waals surface area contributed by atoms with Crippen LogP contribution in [0.5, 0.6) is 0 Å². The molecule has 0 aliphatic heterocycles. The number of hydrogen-bond acceptors (Lipinski definition) is 3. The fraction of sp³-hybridized carbons (Fsp3) is 0.533. The third-order valence-electron chi connectivity index (χ3n) is 3.41. The van der Waals surface area contributed by atoms with Crippen LogP contribution in [0.4, 0.5) is 0 Å². The van der Waals surface area contributed by atoms with Crippen molar-refractivity contribution in [1.29, 1.82) is 0 Å². The first-order valence-corrected chi connectivity index (χ1v) is 6.74. The fourth-order valence-corrected chi connectivity index (χ4v) is 2.37. The van der Waals surface area contributed by atoms with Gasteiger partial charge in [0.2, 0.25) is 0 Å². The molecular formula is C15H23N3O. The Morgan fingerprint density at radius 2 is 2.11 bits per heavy atom. The predicted molar refractivity (Wildman–Crippen MR) is 78.2 cm³/mol. The Bertz CT molecular complexity index is 584. The molecule has 1 atom stereocenters. The molecule has 1 unspecified atom stereocenters. The van der Waals surface area contributed by atoms with Gasteiger partial charge in [-0.1, -0.05) is 6.07 Å². The number of aryl methyl sites for hydroxylation is 1. The van der Waals surface area contributed by atoms with Crippen molar-refractivity contribution in [2.45, 2.75) is 45.8 Å². The zero-order valence-electron chi connectivity index (χ0n) is 12.1. The van der Waals surface area contributed by atoms with Gasteiger partial charge in [-0.15, -0.1) is 0 Å². The molecule has 0 saturated heterocycles. The minimum Gasteiger partial charge on any atom is -0.388 e. The molecule has 0 bridgehead atoms. The van der Waals surface area contributed by atoms with E-state index in [1.54, 1.807) is 6.92 Å². The zero-order valence-corrected chi connectivity index (χ0v) is 12.1. The minimum absolute atomic E-state index is 0.229. The van der Waals surface area contributed by atoms with E-state index in [2.05, 4.69) is 48.5 Å². The van der Waals surface area contributed by atoms with E-state index in [9.17, 15) is 5.11 Å². The van der Waals surface area contributed by atoms with Gasteiger partial charge in [-0.25, -0.2) is 4.98 Å². The number of aliphatic hydroxyl groups is 1. The maximum Gasteiger partial charge on any atom is 0.113 e. The largest absolute Gasteiger partial charge is 0.388 e. The monoisotopic (exact) mass is 261 g/mol. The van der Waals surface area contributed by atoms with E-state index in [0.717, 1.165) is 16.9 Å². The Kier molecular flexibility index (Phi) is 3.65. The first-order chi connectivity index (χ1) is 8.84. The second kappa shape index (κ2) is 4.94. The highest BCUT2D eigenvalue weighted by Crippen LogP contribution is 2.24. The van der Waals surface area contributed by atoms with Gasteiger partial charge in [0.05, 0.1) is 16.6 Å². The van der Waals surface area contributed by atoms with Crippen LogP contribution in [0, 0.1) is 6.92 Å². The highest BCUT2D eigenvalue weighted by Gasteiger charge is 2.23. The maximum atomic E-state index is 10.2. The summed E-state index contributed by atoms with van der Waals surface area (Å²) >= 11 is 0. The topological polar surface area (TPSA) is 64.1 Å². The van der Waals surface area contributed by atoms with Gasteiger partial charge >= 0.3 is 0 Å². The summed E-state index contributed by atoms with van der Waals surface area (Å²) in [7, 11) is 0. The molecule has 19 heavy (non-hydrogen) atoms. The molecule has 0 spiro atoms. The molecule has 0 fully saturated rings. The molecule has 1 heterocycles. The summed E-state index contributed by atoms with van der Waals surface area (Å²) < 4.78 is 2.18. The third-order valence-corrected chi connectivity index (χ3v) is 3.41. The van der Waals surface area contributed by atoms with Crippen LogP contribution in [0.1, 0.15) is 38.2 Å². The van der Waals surface area contributed by atoms with E-state index in [4.69, 9.17) is 5.73 Å². The van der Waals surface area contributed by atoms with Gasteiger partial charge in [0.15, 0.2) is 0 Å². The summed E-state index contributed by atoms with van der Waals surface area (Å²) in [6.45, 7) is 8.29. The van der Waals surface area contributed by atoms with Crippen molar-refractivity contribution in [3.05, 3.63) is 29.6 Å². The van der Waals surface area contributed by atoms with Gasteiger partial charge in [-0.05, 0) is 45.4 Å². The highest BCUT2D eigenvalue weighted by atomic mass is 16.3. The lowest BCUT2D eigenvalue weighted by molar-refractivity contribution is 0.0665. The van der Waals surface area contributed by atoms with Crippen LogP contribution in [-0.2, 0) is 6.42 Å². The molecule has 0 aliphatic rings. The number of benzene rings is 1. The van der Waals surface area contributed by atoms with Gasteiger partial charge in [0.1, 0.15) is 5.82 Å². The summed E-state index contributed by atoms with van der Waals surface area (Å²) in [5.41, 5.74) is 7.99. The molecule has 2 rings (SSSR count). The van der Waals surface area contributed by atoms with E-state index >= 15 is 0 Å². The van der Waals surface area contributed by atoms with E-state index in [0.29, 0.717) is 12.5 Å². The summed E-state index contributed by atoms with van der Waals surface area (Å²) in [6, 6.07) is 6.57. The molecule has 0 saturated carbocycles. The third kappa shape index (κ3) is 2.80. The molecule has 1 aromatic carbocycles. The van der Waals surface area contributed by atoms with Gasteiger partial charge in [0, 0.05) is 19.0 Å². The number of imidazole rings is 1. The van der Waals surface area contributed by atoms with Crippen LogP contribution >= 0.6 is 0 Å². The van der Waals surface area contributed by atoms with Crippen molar-refractivity contribution in [2.75, 3.05) is 6.54 Å². The second-order valence-electron chi connectivity index (χ2n) is 5.86. The van der Waals surface area contributed by atoms with Crippen molar-refractivity contribution in [3.63, 3.8) is 0 Å². The Labute approximate surface area is 114 Å². The van der Waals surface area contributed by atoms with Crippen LogP contribution in [0.2, 0.25) is 0 Å². The number of nitrogens with two attached hydrogens (primary N) is 1. The second-order valence-corrected chi connectivity index (χ2v) is 5.86. The van der Waals surface area contributed by atoms with Crippen LogP contribution in [-0.4, -0.2) is 26.8 Å². The Morgan fingerprint density at radius 1 is 1.42 bits per heavy atom. The number of nitrogens with zero attached hydrogens (tertiary/aromatic N) is 2. The zero-order chi connectivity index (χ0) is 14.2. The molecule has 104 valence electrons. The molecule has 4 nitrogen and oxygen atoms in total. The Morgan fingerprint density at radius 3 is 2.68 bits per heavy atom. The first kappa shape index (κ1) is 14.0. The molecule has 0 aliphatic carbocycles. The molecule has 2 aromatic rings. The standard InChI is InChI=1S/C15H23N3O/c1-10(2)18-13-6-5-11(3)7-12(13)17-14(18)8-15(4,19)9-16/h5-7,10,19H,8-9,16H2,1-4H3. The molecule has 3 N–H and O–H groups in total. The summed E-state index contributed by atoms with van der Waals surface area (Å²) in [6.07, 6.45) is 0.468. The van der Waals surface area contributed by atoms with Gasteiger partial charge < -0.3 is 15.4 Å². The molecule has 1 aromatic heterocycles. The normalized spacial score (nSPS) is 15.1. The lowest BCUT2D eigenvalue weighted by Gasteiger charge is -2.22. The fourth-order valence-electron chi connectivity index (χ4n) is 2.37. The van der Waals surface area contributed by atoms with E-state index in [-0.39, 0.29) is 6.54 Å². The molecular weight excluding hydrogens is 238 g/mol. The van der Waals surface area contributed by atoms with Gasteiger partial charge in [-0.2, -0.15) is 0 Å². The maximum absolute atomic E-state index is 10.2. The predicted octanol–water partition coefficient (Wildman–Crippen LogP) is 2.18. The van der Waals surface area contributed by atoms with Crippen molar-refractivity contribution in [3.8, 4) is 0 Å². The molecule has 0 radical (unpaired) electrons. The number of hydrogen-bond donors (Lipinski definition) is 2. The van der Waals surface area contributed by atoms with Crippen LogP contribution in [0.15, 0.2) is 18.2 Å². The molecule has 4 heteroatoms. The van der Waals surface area contributed by atoms with Crippen LogP contribution < -0.4 is 5.73 Å². The average Bonchev–Trinajstić information content (AvgIpc) is 2.65. The van der Waals surface area contributed by atoms with E-state index < -0.39 is 5.60 Å². The number of rotatable bonds is 4. The summed E-state index contributed by atoms with van der Waals surface area (Å²) in [5, 5.41) is 10.2. The van der Waals surface area contributed by atoms with Crippen molar-refractivity contribution in [1.82, 2.24) is 9.55 Å². The van der Waals surface area contributed by atoms with Crippen molar-refractivity contribution >= 4 is 11.0 Å². The smallest absolute Gasteiger partial charge is 0.113 e. The molecule has 0 amide bonds. The Balaban J connectivity index is 2.56. The SMILES string of the molecule is Cc1ccc2c(c1)nc(CC(C)(O)CN)n2C(C)C.